The standard InChI is InChI=1S/C15H22N2O4S/c1-11-4-5-14(21-3)15(10-11)22(19,20)16-13-6-8-17(9-7-13)12(2)18/h4-5,10,13,16H,6-9H2,1-3H3. The van der Waals surface area contributed by atoms with E-state index in [-0.39, 0.29) is 16.8 Å². The molecule has 1 aromatic carbocycles. The SMILES string of the molecule is COc1ccc(C)cc1S(=O)(=O)NC1CCN(C(C)=O)CC1. The van der Waals surface area contributed by atoms with Crippen LogP contribution in [0.5, 0.6) is 5.75 Å². The molecule has 1 aromatic rings. The molecule has 7 heteroatoms. The lowest BCUT2D eigenvalue weighted by atomic mass is 10.1. The van der Waals surface area contributed by atoms with Crippen molar-refractivity contribution in [1.29, 1.82) is 0 Å². The normalized spacial score (nSPS) is 16.6. The molecule has 122 valence electrons. The lowest BCUT2D eigenvalue weighted by molar-refractivity contribution is -0.129. The smallest absolute Gasteiger partial charge is 0.244 e. The van der Waals surface area contributed by atoms with Crippen LogP contribution in [-0.4, -0.2) is 45.5 Å². The molecule has 22 heavy (non-hydrogen) atoms. The molecule has 2 rings (SSSR count). The maximum Gasteiger partial charge on any atom is 0.244 e. The third-order valence-corrected chi connectivity index (χ3v) is 5.41. The van der Waals surface area contributed by atoms with E-state index in [0.29, 0.717) is 31.7 Å². The molecule has 0 bridgehead atoms. The van der Waals surface area contributed by atoms with Gasteiger partial charge in [0.05, 0.1) is 7.11 Å². The third-order valence-electron chi connectivity index (χ3n) is 3.87. The van der Waals surface area contributed by atoms with Crippen LogP contribution in [0.2, 0.25) is 0 Å². The van der Waals surface area contributed by atoms with Crippen molar-refractivity contribution in [1.82, 2.24) is 9.62 Å². The summed E-state index contributed by atoms with van der Waals surface area (Å²) in [6.07, 6.45) is 1.24. The summed E-state index contributed by atoms with van der Waals surface area (Å²) in [5, 5.41) is 0. The molecule has 1 N–H and O–H groups in total. The molecule has 1 aliphatic rings. The summed E-state index contributed by atoms with van der Waals surface area (Å²) in [5.74, 6) is 0.362. The largest absolute Gasteiger partial charge is 0.495 e. The average molecular weight is 326 g/mol. The van der Waals surface area contributed by atoms with Crippen molar-refractivity contribution in [2.24, 2.45) is 0 Å². The zero-order chi connectivity index (χ0) is 16.3. The molecule has 0 unspecified atom stereocenters. The predicted octanol–water partition coefficient (Wildman–Crippen LogP) is 1.29. The van der Waals surface area contributed by atoms with E-state index < -0.39 is 10.0 Å². The van der Waals surface area contributed by atoms with Crippen molar-refractivity contribution in [3.63, 3.8) is 0 Å². The number of carbonyl (C=O) groups is 1. The second kappa shape index (κ2) is 6.66. The Bertz CT molecular complexity index is 650. The van der Waals surface area contributed by atoms with Crippen LogP contribution in [0.4, 0.5) is 0 Å². The molecular weight excluding hydrogens is 304 g/mol. The first kappa shape index (κ1) is 16.8. The second-order valence-electron chi connectivity index (χ2n) is 5.56. The lowest BCUT2D eigenvalue weighted by Crippen LogP contribution is -2.45. The molecule has 1 fully saturated rings. The summed E-state index contributed by atoms with van der Waals surface area (Å²) in [6.45, 7) is 4.52. The highest BCUT2D eigenvalue weighted by Gasteiger charge is 2.27. The molecule has 0 aromatic heterocycles. The number of carbonyl (C=O) groups excluding carboxylic acids is 1. The van der Waals surface area contributed by atoms with Crippen LogP contribution in [0.1, 0.15) is 25.3 Å². The maximum atomic E-state index is 12.6. The Kier molecular flexibility index (Phi) is 5.08. The Morgan fingerprint density at radius 2 is 1.95 bits per heavy atom. The molecule has 1 aliphatic heterocycles. The second-order valence-corrected chi connectivity index (χ2v) is 7.24. The fourth-order valence-electron chi connectivity index (χ4n) is 2.59. The van der Waals surface area contributed by atoms with Gasteiger partial charge in [0, 0.05) is 26.1 Å². The minimum absolute atomic E-state index is 0.0293. The molecule has 6 nitrogen and oxygen atoms in total. The predicted molar refractivity (Wildman–Crippen MR) is 83.3 cm³/mol. The first-order valence-corrected chi connectivity index (χ1v) is 8.74. The Hall–Kier alpha value is -1.60. The molecule has 0 saturated carbocycles. The summed E-state index contributed by atoms with van der Waals surface area (Å²) in [4.78, 5) is 13.2. The highest BCUT2D eigenvalue weighted by molar-refractivity contribution is 7.89. The van der Waals surface area contributed by atoms with E-state index in [1.165, 1.54) is 14.0 Å². The number of nitrogens with zero attached hydrogens (tertiary/aromatic N) is 1. The number of benzene rings is 1. The number of piperidine rings is 1. The van der Waals surface area contributed by atoms with Gasteiger partial charge >= 0.3 is 0 Å². The number of ether oxygens (including phenoxy) is 1. The van der Waals surface area contributed by atoms with Gasteiger partial charge in [-0.1, -0.05) is 6.07 Å². The minimum Gasteiger partial charge on any atom is -0.495 e. The summed E-state index contributed by atoms with van der Waals surface area (Å²) in [6, 6.07) is 4.91. The Morgan fingerprint density at radius 1 is 1.32 bits per heavy atom. The van der Waals surface area contributed by atoms with E-state index >= 15 is 0 Å². The molecule has 0 aliphatic carbocycles. The number of hydrogen-bond donors (Lipinski definition) is 1. The average Bonchev–Trinajstić information content (AvgIpc) is 2.47. The van der Waals surface area contributed by atoms with Crippen molar-refractivity contribution in [2.75, 3.05) is 20.2 Å². The minimum atomic E-state index is -3.64. The maximum absolute atomic E-state index is 12.6. The van der Waals surface area contributed by atoms with Crippen LogP contribution >= 0.6 is 0 Å². The van der Waals surface area contributed by atoms with Gasteiger partial charge in [-0.3, -0.25) is 4.79 Å². The van der Waals surface area contributed by atoms with Crippen LogP contribution in [0, 0.1) is 6.92 Å². The molecule has 1 saturated heterocycles. The van der Waals surface area contributed by atoms with Crippen LogP contribution in [0.25, 0.3) is 0 Å². The monoisotopic (exact) mass is 326 g/mol. The van der Waals surface area contributed by atoms with Gasteiger partial charge in [-0.15, -0.1) is 0 Å². The van der Waals surface area contributed by atoms with Crippen molar-refractivity contribution < 1.29 is 17.9 Å². The van der Waals surface area contributed by atoms with Crippen LogP contribution in [0.3, 0.4) is 0 Å². The number of hydrogen-bond acceptors (Lipinski definition) is 4. The third kappa shape index (κ3) is 3.78. The van der Waals surface area contributed by atoms with E-state index in [2.05, 4.69) is 4.72 Å². The summed E-state index contributed by atoms with van der Waals surface area (Å²) < 4.78 is 33.0. The first-order chi connectivity index (χ1) is 10.3. The Labute approximate surface area is 131 Å². The van der Waals surface area contributed by atoms with Crippen molar-refractivity contribution in [3.05, 3.63) is 23.8 Å². The summed E-state index contributed by atoms with van der Waals surface area (Å²) >= 11 is 0. The molecule has 1 heterocycles. The Morgan fingerprint density at radius 3 is 2.50 bits per heavy atom. The number of rotatable bonds is 4. The fourth-order valence-corrected chi connectivity index (χ4v) is 4.15. The van der Waals surface area contributed by atoms with E-state index in [0.717, 1.165) is 5.56 Å². The van der Waals surface area contributed by atoms with Crippen molar-refractivity contribution >= 4 is 15.9 Å². The zero-order valence-electron chi connectivity index (χ0n) is 13.1. The van der Waals surface area contributed by atoms with Crippen LogP contribution in [-0.2, 0) is 14.8 Å². The van der Waals surface area contributed by atoms with Crippen LogP contribution < -0.4 is 9.46 Å². The molecule has 0 atom stereocenters. The van der Waals surface area contributed by atoms with Gasteiger partial charge in [-0.25, -0.2) is 13.1 Å². The van der Waals surface area contributed by atoms with E-state index in [4.69, 9.17) is 4.74 Å². The van der Waals surface area contributed by atoms with Gasteiger partial charge in [-0.05, 0) is 37.5 Å². The number of sulfonamides is 1. The Balaban J connectivity index is 2.12. The van der Waals surface area contributed by atoms with E-state index in [1.807, 2.05) is 13.0 Å². The van der Waals surface area contributed by atoms with Gasteiger partial charge in [0.25, 0.3) is 0 Å². The van der Waals surface area contributed by atoms with Gasteiger partial charge in [-0.2, -0.15) is 0 Å². The van der Waals surface area contributed by atoms with E-state index in [1.54, 1.807) is 17.0 Å². The zero-order valence-corrected chi connectivity index (χ0v) is 13.9. The lowest BCUT2D eigenvalue weighted by Gasteiger charge is -2.31. The number of aryl methyl sites for hydroxylation is 1. The number of methoxy groups -OCH3 is 1. The molecule has 1 amide bonds. The van der Waals surface area contributed by atoms with Crippen LogP contribution in [0.15, 0.2) is 23.1 Å². The fraction of sp³-hybridized carbons (Fsp3) is 0.533. The van der Waals surface area contributed by atoms with Gasteiger partial charge < -0.3 is 9.64 Å². The molecule has 0 spiro atoms. The molecule has 0 radical (unpaired) electrons. The summed E-state index contributed by atoms with van der Waals surface area (Å²) in [7, 11) is -2.19. The number of nitrogens with one attached hydrogen (secondary N) is 1. The topological polar surface area (TPSA) is 75.7 Å². The molecular formula is C15H22N2O4S. The quantitative estimate of drug-likeness (QED) is 0.905. The highest BCUT2D eigenvalue weighted by Crippen LogP contribution is 2.25. The number of amides is 1. The van der Waals surface area contributed by atoms with Crippen molar-refractivity contribution in [2.45, 2.75) is 37.6 Å². The summed E-state index contributed by atoms with van der Waals surface area (Å²) in [5.41, 5.74) is 0.854. The highest BCUT2D eigenvalue weighted by atomic mass is 32.2. The number of likely N-dealkylation sites (tertiary alicyclic amines) is 1. The van der Waals surface area contributed by atoms with E-state index in [9.17, 15) is 13.2 Å². The first-order valence-electron chi connectivity index (χ1n) is 7.26. The van der Waals surface area contributed by atoms with Gasteiger partial charge in [0.1, 0.15) is 10.6 Å². The van der Waals surface area contributed by atoms with Crippen molar-refractivity contribution in [3.8, 4) is 5.75 Å². The van der Waals surface area contributed by atoms with Gasteiger partial charge in [0.15, 0.2) is 0 Å². The van der Waals surface area contributed by atoms with Gasteiger partial charge in [0.2, 0.25) is 15.9 Å².